The van der Waals surface area contributed by atoms with Crippen molar-refractivity contribution in [3.05, 3.63) is 36.7 Å². The molecule has 0 aromatic carbocycles. The van der Waals surface area contributed by atoms with Crippen LogP contribution in [0.3, 0.4) is 0 Å². The zero-order valence-electron chi connectivity index (χ0n) is 20.1. The van der Waals surface area contributed by atoms with Gasteiger partial charge in [-0.05, 0) is 38.5 Å². The Morgan fingerprint density at radius 3 is 2.76 bits per heavy atom. The third kappa shape index (κ3) is 4.11. The van der Waals surface area contributed by atoms with Crippen LogP contribution in [0.2, 0.25) is 0 Å². The standard InChI is InChI=1S/C22H29N11O/c1-21(2,3)33-28-18(27-29-33)20(34)23-13-22(4)7-9-31(14-22)19-17-6-8-24-32(17)12-16(26-19)15-10-25-30(5)11-15/h6,8,10-12H,7,9,13-14H2,1-5H3,(H,23,34). The maximum atomic E-state index is 12.6. The SMILES string of the molecule is Cn1cc(-c2cn3nccc3c(N3CCC(C)(CNC(=O)c4nnn(C(C)(C)C)n4)C3)n2)cn1. The van der Waals surface area contributed by atoms with Gasteiger partial charge in [0.2, 0.25) is 0 Å². The first-order valence-corrected chi connectivity index (χ1v) is 11.3. The van der Waals surface area contributed by atoms with E-state index in [0.717, 1.165) is 42.1 Å². The topological polar surface area (TPSA) is 124 Å². The van der Waals surface area contributed by atoms with Crippen LogP contribution in [-0.2, 0) is 12.6 Å². The highest BCUT2D eigenvalue weighted by molar-refractivity contribution is 5.90. The number of tetrazole rings is 1. The summed E-state index contributed by atoms with van der Waals surface area (Å²) in [6.45, 7) is 10.1. The predicted molar refractivity (Wildman–Crippen MR) is 125 cm³/mol. The van der Waals surface area contributed by atoms with Gasteiger partial charge in [-0.25, -0.2) is 9.50 Å². The van der Waals surface area contributed by atoms with Gasteiger partial charge < -0.3 is 10.2 Å². The van der Waals surface area contributed by atoms with Gasteiger partial charge in [-0.2, -0.15) is 15.0 Å². The molecule has 0 saturated carbocycles. The molecule has 178 valence electrons. The van der Waals surface area contributed by atoms with Crippen molar-refractivity contribution in [3.63, 3.8) is 0 Å². The van der Waals surface area contributed by atoms with Crippen molar-refractivity contribution in [1.82, 2.24) is 49.9 Å². The van der Waals surface area contributed by atoms with Gasteiger partial charge >= 0.3 is 0 Å². The molecule has 1 aliphatic rings. The smallest absolute Gasteiger partial charge is 0.292 e. The van der Waals surface area contributed by atoms with E-state index < -0.39 is 0 Å². The first-order chi connectivity index (χ1) is 16.1. The van der Waals surface area contributed by atoms with Crippen LogP contribution in [0.5, 0.6) is 0 Å². The molecule has 0 bridgehead atoms. The molecule has 4 aromatic heterocycles. The lowest BCUT2D eigenvalue weighted by Gasteiger charge is -2.25. The lowest BCUT2D eigenvalue weighted by atomic mass is 9.90. The second-order valence-electron chi connectivity index (χ2n) is 10.3. The molecule has 0 radical (unpaired) electrons. The second kappa shape index (κ2) is 7.89. The Balaban J connectivity index is 1.32. The monoisotopic (exact) mass is 463 g/mol. The summed E-state index contributed by atoms with van der Waals surface area (Å²) in [4.78, 5) is 21.3. The van der Waals surface area contributed by atoms with E-state index in [0.29, 0.717) is 6.54 Å². The minimum Gasteiger partial charge on any atom is -0.354 e. The van der Waals surface area contributed by atoms with Crippen LogP contribution in [0.25, 0.3) is 16.8 Å². The van der Waals surface area contributed by atoms with Gasteiger partial charge in [0.25, 0.3) is 11.7 Å². The average molecular weight is 464 g/mol. The van der Waals surface area contributed by atoms with Gasteiger partial charge in [0.1, 0.15) is 5.52 Å². The number of rotatable bonds is 5. The van der Waals surface area contributed by atoms with E-state index in [-0.39, 0.29) is 22.7 Å². The van der Waals surface area contributed by atoms with E-state index in [1.54, 1.807) is 17.1 Å². The van der Waals surface area contributed by atoms with Gasteiger partial charge in [-0.15, -0.1) is 10.2 Å². The Hall–Kier alpha value is -3.83. The molecular weight excluding hydrogens is 434 g/mol. The van der Waals surface area contributed by atoms with Crippen LogP contribution in [0.1, 0.15) is 44.7 Å². The summed E-state index contributed by atoms with van der Waals surface area (Å²) in [5.41, 5.74) is 2.24. The van der Waals surface area contributed by atoms with E-state index >= 15 is 0 Å². The minimum absolute atomic E-state index is 0.0835. The fraction of sp³-hybridized carbons (Fsp3) is 0.500. The van der Waals surface area contributed by atoms with Crippen LogP contribution < -0.4 is 10.2 Å². The summed E-state index contributed by atoms with van der Waals surface area (Å²) < 4.78 is 3.61. The van der Waals surface area contributed by atoms with E-state index in [2.05, 4.69) is 42.7 Å². The van der Waals surface area contributed by atoms with Crippen molar-refractivity contribution < 1.29 is 4.79 Å². The molecule has 5 heterocycles. The van der Waals surface area contributed by atoms with Crippen LogP contribution in [-0.4, -0.2) is 70.1 Å². The number of carbonyl (C=O) groups is 1. The van der Waals surface area contributed by atoms with Gasteiger partial charge in [0, 0.05) is 43.9 Å². The number of nitrogens with zero attached hydrogens (tertiary/aromatic N) is 10. The summed E-state index contributed by atoms with van der Waals surface area (Å²) in [7, 11) is 1.89. The number of carbonyl (C=O) groups excluding carboxylic acids is 1. The highest BCUT2D eigenvalue weighted by Crippen LogP contribution is 2.34. The number of aromatic nitrogens is 9. The number of amides is 1. The second-order valence-corrected chi connectivity index (χ2v) is 10.3. The molecule has 0 aliphatic carbocycles. The number of aryl methyl sites for hydroxylation is 1. The molecule has 0 spiro atoms. The van der Waals surface area contributed by atoms with Crippen molar-refractivity contribution in [2.45, 2.75) is 39.7 Å². The molecule has 1 saturated heterocycles. The van der Waals surface area contributed by atoms with Crippen molar-refractivity contribution in [2.24, 2.45) is 12.5 Å². The first kappa shape index (κ1) is 22.0. The Labute approximate surface area is 197 Å². The lowest BCUT2D eigenvalue weighted by molar-refractivity contribution is 0.0925. The number of hydrogen-bond acceptors (Lipinski definition) is 8. The van der Waals surface area contributed by atoms with E-state index in [1.807, 2.05) is 50.8 Å². The maximum Gasteiger partial charge on any atom is 0.292 e. The first-order valence-electron chi connectivity index (χ1n) is 11.3. The fourth-order valence-electron chi connectivity index (χ4n) is 4.15. The average Bonchev–Trinajstić information content (AvgIpc) is 3.56. The molecule has 5 rings (SSSR count). The Bertz CT molecular complexity index is 1340. The van der Waals surface area contributed by atoms with Crippen LogP contribution >= 0.6 is 0 Å². The lowest BCUT2D eigenvalue weighted by Crippen LogP contribution is -2.38. The number of anilines is 1. The summed E-state index contributed by atoms with van der Waals surface area (Å²) in [5, 5.41) is 23.8. The molecule has 1 unspecified atom stereocenters. The third-order valence-electron chi connectivity index (χ3n) is 6.12. The molecule has 4 aromatic rings. The van der Waals surface area contributed by atoms with Crippen molar-refractivity contribution in [3.8, 4) is 11.3 Å². The minimum atomic E-state index is -0.334. The largest absolute Gasteiger partial charge is 0.354 e. The van der Waals surface area contributed by atoms with Crippen molar-refractivity contribution in [2.75, 3.05) is 24.5 Å². The summed E-state index contributed by atoms with van der Waals surface area (Å²) in [5.74, 6) is 0.647. The fourth-order valence-corrected chi connectivity index (χ4v) is 4.15. The summed E-state index contributed by atoms with van der Waals surface area (Å²) >= 11 is 0. The van der Waals surface area contributed by atoms with E-state index in [4.69, 9.17) is 4.98 Å². The predicted octanol–water partition coefficient (Wildman–Crippen LogP) is 1.52. The highest BCUT2D eigenvalue weighted by Gasteiger charge is 2.36. The summed E-state index contributed by atoms with van der Waals surface area (Å²) in [6, 6.07) is 1.97. The Morgan fingerprint density at radius 1 is 1.24 bits per heavy atom. The summed E-state index contributed by atoms with van der Waals surface area (Å²) in [6.07, 6.45) is 8.35. The molecule has 1 amide bonds. The molecule has 34 heavy (non-hydrogen) atoms. The van der Waals surface area contributed by atoms with Gasteiger partial charge in [0.15, 0.2) is 5.82 Å². The number of fused-ring (bicyclic) bond motifs is 1. The Morgan fingerprint density at radius 2 is 2.06 bits per heavy atom. The maximum absolute atomic E-state index is 12.6. The third-order valence-corrected chi connectivity index (χ3v) is 6.12. The molecule has 1 fully saturated rings. The molecule has 12 nitrogen and oxygen atoms in total. The van der Waals surface area contributed by atoms with E-state index in [9.17, 15) is 4.79 Å². The quantitative estimate of drug-likeness (QED) is 0.472. The van der Waals surface area contributed by atoms with Crippen molar-refractivity contribution in [1.29, 1.82) is 0 Å². The van der Waals surface area contributed by atoms with E-state index in [1.165, 1.54) is 4.80 Å². The molecule has 1 aliphatic heterocycles. The highest BCUT2D eigenvalue weighted by atomic mass is 16.2. The van der Waals surface area contributed by atoms with Gasteiger partial charge in [-0.1, -0.05) is 6.92 Å². The van der Waals surface area contributed by atoms with Crippen molar-refractivity contribution >= 4 is 17.2 Å². The molecule has 12 heteroatoms. The Kier molecular flexibility index (Phi) is 5.10. The molecule has 1 atom stereocenters. The molecular formula is C22H29N11O. The number of nitrogens with one attached hydrogen (secondary N) is 1. The van der Waals surface area contributed by atoms with Crippen LogP contribution in [0, 0.1) is 5.41 Å². The van der Waals surface area contributed by atoms with Crippen LogP contribution in [0.15, 0.2) is 30.9 Å². The zero-order valence-corrected chi connectivity index (χ0v) is 20.1. The zero-order chi connectivity index (χ0) is 24.1. The van der Waals surface area contributed by atoms with Gasteiger partial charge in [0.05, 0.1) is 29.8 Å². The normalized spacial score (nSPS) is 18.7. The number of hydrogen-bond donors (Lipinski definition) is 1. The van der Waals surface area contributed by atoms with Crippen LogP contribution in [0.4, 0.5) is 5.82 Å². The molecule has 1 N–H and O–H groups in total. The van der Waals surface area contributed by atoms with Gasteiger partial charge in [-0.3, -0.25) is 9.48 Å².